The molecule has 2 unspecified atom stereocenters. The van der Waals surface area contributed by atoms with Gasteiger partial charge in [-0.3, -0.25) is 4.79 Å². The summed E-state index contributed by atoms with van der Waals surface area (Å²) in [5.41, 5.74) is 1.99. The van der Waals surface area contributed by atoms with E-state index < -0.39 is 12.1 Å². The quantitative estimate of drug-likeness (QED) is 0.609. The van der Waals surface area contributed by atoms with Crippen LogP contribution in [0.4, 0.5) is 13.2 Å². The zero-order chi connectivity index (χ0) is 23.8. The number of rotatable bonds is 5. The Labute approximate surface area is 187 Å². The number of nitrogens with zero attached hydrogens (tertiary/aromatic N) is 2. The molecule has 1 aromatic heterocycles. The van der Waals surface area contributed by atoms with Gasteiger partial charge in [-0.15, -0.1) is 10.2 Å². The molecule has 0 bridgehead atoms. The van der Waals surface area contributed by atoms with E-state index in [-0.39, 0.29) is 18.1 Å². The summed E-state index contributed by atoms with van der Waals surface area (Å²) in [6.45, 7) is 3.14. The number of aromatic nitrogens is 2. The number of nitrogens with one attached hydrogen (secondary N) is 2. The fourth-order valence-corrected chi connectivity index (χ4v) is 3.15. The van der Waals surface area contributed by atoms with Crippen LogP contribution in [0.15, 0.2) is 36.4 Å². The maximum Gasteiger partial charge on any atom is 0.490 e. The average molecular weight is 468 g/mol. The van der Waals surface area contributed by atoms with Crippen molar-refractivity contribution < 1.29 is 37.3 Å². The van der Waals surface area contributed by atoms with Gasteiger partial charge in [-0.1, -0.05) is 0 Å². The minimum atomic E-state index is -5.08. The highest BCUT2D eigenvalue weighted by atomic mass is 19.4. The predicted molar refractivity (Wildman–Crippen MR) is 110 cm³/mol. The van der Waals surface area contributed by atoms with Crippen LogP contribution in [0, 0.1) is 0 Å². The fraction of sp³-hybridized carbons (Fsp3) is 0.429. The molecule has 0 aliphatic carbocycles. The minimum absolute atomic E-state index is 0.133. The van der Waals surface area contributed by atoms with E-state index in [1.807, 2.05) is 30.3 Å². The summed E-state index contributed by atoms with van der Waals surface area (Å²) in [6, 6.07) is 11.4. The molecule has 2 aromatic rings. The first-order valence-electron chi connectivity index (χ1n) is 10.2. The Hall–Kier alpha value is -3.25. The average Bonchev–Trinajstić information content (AvgIpc) is 3.49. The summed E-state index contributed by atoms with van der Waals surface area (Å²) in [7, 11) is 0. The van der Waals surface area contributed by atoms with Gasteiger partial charge in [-0.25, -0.2) is 4.79 Å². The molecular weight excluding hydrogens is 445 g/mol. The van der Waals surface area contributed by atoms with Crippen molar-refractivity contribution in [3.8, 4) is 17.0 Å². The highest BCUT2D eigenvalue weighted by Crippen LogP contribution is 2.22. The fourth-order valence-electron chi connectivity index (χ4n) is 3.15. The van der Waals surface area contributed by atoms with Crippen molar-refractivity contribution in [2.24, 2.45) is 0 Å². The van der Waals surface area contributed by atoms with Crippen molar-refractivity contribution in [2.75, 3.05) is 26.3 Å². The second-order valence-corrected chi connectivity index (χ2v) is 7.40. The first-order valence-corrected chi connectivity index (χ1v) is 10.2. The van der Waals surface area contributed by atoms with Gasteiger partial charge in [0.15, 0.2) is 5.69 Å². The van der Waals surface area contributed by atoms with Crippen LogP contribution in [0.25, 0.3) is 11.3 Å². The monoisotopic (exact) mass is 468 g/mol. The van der Waals surface area contributed by atoms with Gasteiger partial charge >= 0.3 is 12.1 Å². The number of halogens is 3. The molecule has 1 aromatic carbocycles. The second-order valence-electron chi connectivity index (χ2n) is 7.40. The standard InChI is InChI=1S/C19H22N4O3.C2HF3O2/c24-19(21-14-7-9-20-11-14)18-6-5-17(22-23-18)13-1-3-15(4-2-13)26-16-8-10-25-12-16;3-2(4,5)1(6)7/h1-6,14,16,20H,7-12H2,(H,21,24);(H,6,7). The van der Waals surface area contributed by atoms with Crippen LogP contribution in [-0.2, 0) is 9.53 Å². The highest BCUT2D eigenvalue weighted by molar-refractivity contribution is 5.92. The number of hydrogen-bond donors (Lipinski definition) is 3. The van der Waals surface area contributed by atoms with Crippen LogP contribution in [-0.4, -0.2) is 71.8 Å². The zero-order valence-electron chi connectivity index (χ0n) is 17.5. The van der Waals surface area contributed by atoms with Crippen molar-refractivity contribution in [1.29, 1.82) is 0 Å². The summed E-state index contributed by atoms with van der Waals surface area (Å²) in [6.07, 6.45) is -3.08. The smallest absolute Gasteiger partial charge is 0.488 e. The van der Waals surface area contributed by atoms with Gasteiger partial charge in [-0.2, -0.15) is 13.2 Å². The van der Waals surface area contributed by atoms with E-state index in [9.17, 15) is 18.0 Å². The molecular formula is C21H23F3N4O5. The van der Waals surface area contributed by atoms with E-state index in [0.717, 1.165) is 49.5 Å². The van der Waals surface area contributed by atoms with Gasteiger partial charge < -0.3 is 25.2 Å². The number of carboxylic acids is 1. The summed E-state index contributed by atoms with van der Waals surface area (Å²) in [5.74, 6) is -2.12. The second kappa shape index (κ2) is 11.1. The third-order valence-corrected chi connectivity index (χ3v) is 4.88. The van der Waals surface area contributed by atoms with E-state index in [1.54, 1.807) is 6.07 Å². The van der Waals surface area contributed by atoms with E-state index in [0.29, 0.717) is 12.3 Å². The maximum absolute atomic E-state index is 12.2. The molecule has 2 atom stereocenters. The molecule has 2 fully saturated rings. The molecule has 4 rings (SSSR count). The third kappa shape index (κ3) is 7.39. The molecule has 0 spiro atoms. The van der Waals surface area contributed by atoms with Crippen LogP contribution in [0.2, 0.25) is 0 Å². The number of ether oxygens (including phenoxy) is 2. The number of carbonyl (C=O) groups is 2. The Kier molecular flexibility index (Phi) is 8.17. The van der Waals surface area contributed by atoms with Gasteiger partial charge in [-0.05, 0) is 49.4 Å². The molecule has 178 valence electrons. The summed E-state index contributed by atoms with van der Waals surface area (Å²) in [4.78, 5) is 21.1. The Balaban J connectivity index is 0.000000383. The number of amides is 1. The van der Waals surface area contributed by atoms with Gasteiger partial charge in [0.1, 0.15) is 11.9 Å². The van der Waals surface area contributed by atoms with E-state index in [1.165, 1.54) is 0 Å². The topological polar surface area (TPSA) is 123 Å². The molecule has 0 radical (unpaired) electrons. The Bertz CT molecular complexity index is 926. The van der Waals surface area contributed by atoms with Crippen molar-refractivity contribution in [3.63, 3.8) is 0 Å². The number of carboxylic acid groups (broad SMARTS) is 1. The van der Waals surface area contributed by atoms with E-state index in [4.69, 9.17) is 19.4 Å². The molecule has 3 N–H and O–H groups in total. The van der Waals surface area contributed by atoms with E-state index >= 15 is 0 Å². The minimum Gasteiger partial charge on any atom is -0.488 e. The third-order valence-electron chi connectivity index (χ3n) is 4.88. The highest BCUT2D eigenvalue weighted by Gasteiger charge is 2.38. The number of hydrogen-bond acceptors (Lipinski definition) is 7. The summed E-state index contributed by atoms with van der Waals surface area (Å²) in [5, 5.41) is 21.6. The van der Waals surface area contributed by atoms with Crippen LogP contribution in [0.3, 0.4) is 0 Å². The zero-order valence-corrected chi connectivity index (χ0v) is 17.5. The molecule has 2 saturated heterocycles. The van der Waals surface area contributed by atoms with Crippen molar-refractivity contribution in [3.05, 3.63) is 42.1 Å². The lowest BCUT2D eigenvalue weighted by Crippen LogP contribution is -2.36. The molecule has 9 nitrogen and oxygen atoms in total. The Morgan fingerprint density at radius 1 is 1.12 bits per heavy atom. The van der Waals surface area contributed by atoms with Gasteiger partial charge in [0.2, 0.25) is 0 Å². The molecule has 3 heterocycles. The van der Waals surface area contributed by atoms with Crippen molar-refractivity contribution in [1.82, 2.24) is 20.8 Å². The van der Waals surface area contributed by atoms with Gasteiger partial charge in [0.25, 0.3) is 5.91 Å². The summed E-state index contributed by atoms with van der Waals surface area (Å²) >= 11 is 0. The first-order chi connectivity index (χ1) is 15.7. The number of benzene rings is 1. The SMILES string of the molecule is O=C(NC1CCNC1)c1ccc(-c2ccc(OC3CCOC3)cc2)nn1.O=C(O)C(F)(F)F. The van der Waals surface area contributed by atoms with Gasteiger partial charge in [0, 0.05) is 24.6 Å². The number of aliphatic carboxylic acids is 1. The van der Waals surface area contributed by atoms with Crippen LogP contribution in [0.5, 0.6) is 5.75 Å². The normalized spacial score (nSPS) is 20.0. The molecule has 2 aliphatic heterocycles. The summed E-state index contributed by atoms with van der Waals surface area (Å²) < 4.78 is 42.9. The van der Waals surface area contributed by atoms with E-state index in [2.05, 4.69) is 20.8 Å². The lowest BCUT2D eigenvalue weighted by molar-refractivity contribution is -0.192. The predicted octanol–water partition coefficient (Wildman–Crippen LogP) is 2.04. The lowest BCUT2D eigenvalue weighted by Gasteiger charge is -2.12. The van der Waals surface area contributed by atoms with Gasteiger partial charge in [0.05, 0.1) is 18.9 Å². The molecule has 33 heavy (non-hydrogen) atoms. The maximum atomic E-state index is 12.2. The van der Waals surface area contributed by atoms with Crippen molar-refractivity contribution >= 4 is 11.9 Å². The van der Waals surface area contributed by atoms with Crippen LogP contribution in [0.1, 0.15) is 23.3 Å². The Morgan fingerprint density at radius 3 is 2.36 bits per heavy atom. The molecule has 12 heteroatoms. The number of alkyl halides is 3. The Morgan fingerprint density at radius 2 is 1.85 bits per heavy atom. The van der Waals surface area contributed by atoms with Crippen LogP contribution < -0.4 is 15.4 Å². The van der Waals surface area contributed by atoms with Crippen LogP contribution >= 0.6 is 0 Å². The molecule has 2 aliphatic rings. The first kappa shape index (κ1) is 24.4. The van der Waals surface area contributed by atoms with Crippen molar-refractivity contribution in [2.45, 2.75) is 31.2 Å². The number of carbonyl (C=O) groups excluding carboxylic acids is 1. The molecule has 1 amide bonds. The lowest BCUT2D eigenvalue weighted by atomic mass is 10.1. The largest absolute Gasteiger partial charge is 0.490 e. The molecule has 0 saturated carbocycles.